The molecular weight excluding hydrogens is 424 g/mol. The summed E-state index contributed by atoms with van der Waals surface area (Å²) < 4.78 is 3.72. The maximum atomic E-state index is 9.57. The van der Waals surface area contributed by atoms with Crippen molar-refractivity contribution < 1.29 is 0 Å². The predicted octanol–water partition coefficient (Wildman–Crippen LogP) is 4.97. The van der Waals surface area contributed by atoms with E-state index >= 15 is 0 Å². The summed E-state index contributed by atoms with van der Waals surface area (Å²) in [6, 6.07) is 14.0. The van der Waals surface area contributed by atoms with Crippen LogP contribution >= 0.6 is 0 Å². The van der Waals surface area contributed by atoms with Gasteiger partial charge in [0.15, 0.2) is 0 Å². The Hall–Kier alpha value is -4.51. The first-order valence-corrected chi connectivity index (χ1v) is 10.9. The lowest BCUT2D eigenvalue weighted by molar-refractivity contribution is 0.634. The number of nitrogens with one attached hydrogen (secondary N) is 1. The van der Waals surface area contributed by atoms with E-state index in [0.29, 0.717) is 5.56 Å². The number of anilines is 1. The summed E-state index contributed by atoms with van der Waals surface area (Å²) in [5, 5.41) is 18.2. The third-order valence-corrected chi connectivity index (χ3v) is 5.43. The molecule has 168 valence electrons. The van der Waals surface area contributed by atoms with E-state index in [-0.39, 0.29) is 5.54 Å². The lowest BCUT2D eigenvalue weighted by Gasteiger charge is -2.23. The van der Waals surface area contributed by atoms with Crippen molar-refractivity contribution in [3.8, 4) is 34.3 Å². The summed E-state index contributed by atoms with van der Waals surface area (Å²) in [7, 11) is 1.88. The average molecular weight is 449 g/mol. The quantitative estimate of drug-likeness (QED) is 0.417. The van der Waals surface area contributed by atoms with Gasteiger partial charge in [0.25, 0.3) is 0 Å². The fraction of sp³-hybridized carbons (Fsp3) is 0.192. The number of hydrogen-bond acceptors (Lipinski definition) is 6. The van der Waals surface area contributed by atoms with E-state index in [9.17, 15) is 5.26 Å². The van der Waals surface area contributed by atoms with Crippen LogP contribution in [-0.4, -0.2) is 34.8 Å². The highest BCUT2D eigenvalue weighted by Gasteiger charge is 2.16. The van der Waals surface area contributed by atoms with Crippen LogP contribution in [0.15, 0.2) is 67.6 Å². The van der Waals surface area contributed by atoms with Gasteiger partial charge in [-0.1, -0.05) is 18.2 Å². The molecule has 5 rings (SSSR count). The monoisotopic (exact) mass is 448 g/mol. The molecule has 3 heterocycles. The third kappa shape index (κ3) is 3.99. The summed E-state index contributed by atoms with van der Waals surface area (Å²) in [6.07, 6.45) is 9.07. The van der Waals surface area contributed by atoms with Gasteiger partial charge in [-0.25, -0.2) is 15.0 Å². The van der Waals surface area contributed by atoms with Crippen molar-refractivity contribution >= 4 is 16.6 Å². The van der Waals surface area contributed by atoms with Crippen LogP contribution in [0.1, 0.15) is 26.3 Å². The highest BCUT2D eigenvalue weighted by atomic mass is 15.2. The van der Waals surface area contributed by atoms with Gasteiger partial charge < -0.3 is 9.88 Å². The minimum Gasteiger partial charge on any atom is -0.379 e. The number of rotatable bonds is 4. The summed E-state index contributed by atoms with van der Waals surface area (Å²) >= 11 is 0. The van der Waals surface area contributed by atoms with Gasteiger partial charge in [-0.05, 0) is 39.0 Å². The molecule has 0 saturated heterocycles. The number of nitriles is 1. The summed E-state index contributed by atoms with van der Waals surface area (Å²) in [6.45, 7) is 6.20. The lowest BCUT2D eigenvalue weighted by Crippen LogP contribution is -2.26. The first kappa shape index (κ1) is 21.3. The normalized spacial score (nSPS) is 11.5. The van der Waals surface area contributed by atoms with Crippen LogP contribution in [0.4, 0.5) is 5.69 Å². The Kier molecular flexibility index (Phi) is 5.10. The topological polar surface area (TPSA) is 97.2 Å². The minimum atomic E-state index is -0.182. The van der Waals surface area contributed by atoms with E-state index in [1.54, 1.807) is 23.5 Å². The Morgan fingerprint density at radius 1 is 1.00 bits per heavy atom. The largest absolute Gasteiger partial charge is 0.379 e. The summed E-state index contributed by atoms with van der Waals surface area (Å²) in [4.78, 5) is 13.8. The number of aryl methyl sites for hydroxylation is 1. The van der Waals surface area contributed by atoms with Crippen LogP contribution in [0.25, 0.3) is 39.1 Å². The molecular formula is C26H24N8. The molecule has 3 aromatic heterocycles. The summed E-state index contributed by atoms with van der Waals surface area (Å²) in [5.41, 5.74) is 6.43. The molecule has 34 heavy (non-hydrogen) atoms. The van der Waals surface area contributed by atoms with E-state index in [4.69, 9.17) is 0 Å². The van der Waals surface area contributed by atoms with E-state index in [2.05, 4.69) is 52.2 Å². The van der Waals surface area contributed by atoms with Crippen LogP contribution in [0.5, 0.6) is 0 Å². The SMILES string of the molecule is Cn1cc(-c2cn(-c3cccc4c(-c5ccc(C#N)c(NC(C)(C)C)c5)ncnc34)cn2)cn1. The Morgan fingerprint density at radius 2 is 1.85 bits per heavy atom. The van der Waals surface area contributed by atoms with E-state index < -0.39 is 0 Å². The number of imidazole rings is 1. The zero-order valence-electron chi connectivity index (χ0n) is 19.5. The second-order valence-electron chi connectivity index (χ2n) is 9.21. The molecule has 0 fully saturated rings. The maximum Gasteiger partial charge on any atom is 0.116 e. The van der Waals surface area contributed by atoms with Gasteiger partial charge in [0.2, 0.25) is 0 Å². The zero-order chi connectivity index (χ0) is 23.9. The second-order valence-corrected chi connectivity index (χ2v) is 9.21. The highest BCUT2D eigenvalue weighted by Crippen LogP contribution is 2.32. The van der Waals surface area contributed by atoms with Crippen molar-refractivity contribution in [3.05, 3.63) is 73.2 Å². The van der Waals surface area contributed by atoms with Crippen molar-refractivity contribution in [2.24, 2.45) is 7.05 Å². The standard InChI is InChI=1S/C26H24N8/c1-26(2,3)32-21-10-17(8-9-18(21)11-27)24-20-6-5-7-23(25(20)29-15-28-24)34-14-22(30-16-34)19-12-31-33(4)13-19/h5-10,12-16,32H,1-4H3. The van der Waals surface area contributed by atoms with Crippen molar-refractivity contribution in [2.45, 2.75) is 26.3 Å². The van der Waals surface area contributed by atoms with E-state index in [0.717, 1.165) is 44.8 Å². The van der Waals surface area contributed by atoms with Crippen molar-refractivity contribution in [2.75, 3.05) is 5.32 Å². The Bertz CT molecular complexity index is 1550. The molecule has 5 aromatic rings. The van der Waals surface area contributed by atoms with Gasteiger partial charge in [-0.15, -0.1) is 0 Å². The van der Waals surface area contributed by atoms with Crippen molar-refractivity contribution in [3.63, 3.8) is 0 Å². The summed E-state index contributed by atoms with van der Waals surface area (Å²) in [5.74, 6) is 0. The lowest BCUT2D eigenvalue weighted by atomic mass is 10.0. The van der Waals surface area contributed by atoms with Crippen LogP contribution in [0.3, 0.4) is 0 Å². The van der Waals surface area contributed by atoms with Gasteiger partial charge in [-0.3, -0.25) is 4.68 Å². The fourth-order valence-electron chi connectivity index (χ4n) is 3.96. The number of benzene rings is 2. The minimum absolute atomic E-state index is 0.182. The van der Waals surface area contributed by atoms with E-state index in [1.807, 2.05) is 60.4 Å². The van der Waals surface area contributed by atoms with Gasteiger partial charge in [0.1, 0.15) is 12.4 Å². The Labute approximate surface area is 197 Å². The van der Waals surface area contributed by atoms with Crippen LogP contribution < -0.4 is 5.32 Å². The molecule has 8 nitrogen and oxygen atoms in total. The molecule has 0 aliphatic carbocycles. The fourth-order valence-corrected chi connectivity index (χ4v) is 3.96. The molecule has 0 atom stereocenters. The Morgan fingerprint density at radius 3 is 2.59 bits per heavy atom. The average Bonchev–Trinajstić information content (AvgIpc) is 3.46. The van der Waals surface area contributed by atoms with E-state index in [1.165, 1.54) is 0 Å². The molecule has 0 bridgehead atoms. The predicted molar refractivity (Wildman–Crippen MR) is 132 cm³/mol. The maximum absolute atomic E-state index is 9.57. The van der Waals surface area contributed by atoms with Gasteiger partial charge in [0, 0.05) is 41.5 Å². The molecule has 0 amide bonds. The first-order valence-electron chi connectivity index (χ1n) is 10.9. The molecule has 0 unspecified atom stereocenters. The Balaban J connectivity index is 1.61. The van der Waals surface area contributed by atoms with Gasteiger partial charge in [0.05, 0.1) is 46.4 Å². The van der Waals surface area contributed by atoms with Crippen molar-refractivity contribution in [1.29, 1.82) is 5.26 Å². The molecule has 2 aromatic carbocycles. The number of hydrogen-bond donors (Lipinski definition) is 1. The second kappa shape index (κ2) is 8.12. The molecule has 0 saturated carbocycles. The molecule has 0 radical (unpaired) electrons. The number of para-hydroxylation sites is 1. The van der Waals surface area contributed by atoms with Gasteiger partial charge in [-0.2, -0.15) is 10.4 Å². The molecule has 0 aliphatic heterocycles. The van der Waals surface area contributed by atoms with Crippen LogP contribution in [-0.2, 0) is 7.05 Å². The van der Waals surface area contributed by atoms with Gasteiger partial charge >= 0.3 is 0 Å². The molecule has 0 aliphatic rings. The number of nitrogens with zero attached hydrogens (tertiary/aromatic N) is 7. The molecule has 0 spiro atoms. The first-order chi connectivity index (χ1) is 16.3. The smallest absolute Gasteiger partial charge is 0.116 e. The van der Waals surface area contributed by atoms with Crippen LogP contribution in [0, 0.1) is 11.3 Å². The van der Waals surface area contributed by atoms with Crippen molar-refractivity contribution in [1.82, 2.24) is 29.3 Å². The highest BCUT2D eigenvalue weighted by molar-refractivity contribution is 5.97. The van der Waals surface area contributed by atoms with Crippen LogP contribution in [0.2, 0.25) is 0 Å². The molecule has 8 heteroatoms. The third-order valence-electron chi connectivity index (χ3n) is 5.43. The number of aromatic nitrogens is 6. The molecule has 1 N–H and O–H groups in total. The zero-order valence-corrected chi connectivity index (χ0v) is 19.5. The number of fused-ring (bicyclic) bond motifs is 1.